The Labute approximate surface area is 174 Å². The van der Waals surface area contributed by atoms with Crippen molar-refractivity contribution < 1.29 is 18.7 Å². The predicted octanol–water partition coefficient (Wildman–Crippen LogP) is 4.91. The monoisotopic (exact) mass is 460 g/mol. The molecule has 0 fully saturated rings. The number of methoxy groups -OCH3 is 1. The van der Waals surface area contributed by atoms with Crippen LogP contribution in [0.15, 0.2) is 68.6 Å². The second kappa shape index (κ2) is 8.86. The van der Waals surface area contributed by atoms with Gasteiger partial charge in [0.25, 0.3) is 5.91 Å². The maximum absolute atomic E-state index is 12.1. The Morgan fingerprint density at radius 2 is 1.93 bits per heavy atom. The Kier molecular flexibility index (Phi) is 6.28. The molecule has 28 heavy (non-hydrogen) atoms. The summed E-state index contributed by atoms with van der Waals surface area (Å²) in [6.45, 7) is 0. The summed E-state index contributed by atoms with van der Waals surface area (Å²) in [7, 11) is 1.29. The summed E-state index contributed by atoms with van der Waals surface area (Å²) in [6, 6.07) is 15.3. The quantitative estimate of drug-likeness (QED) is 0.332. The molecule has 8 heteroatoms. The number of carbonyl (C=O) groups excluding carboxylic acids is 2. The van der Waals surface area contributed by atoms with Crippen molar-refractivity contribution >= 4 is 45.6 Å². The Morgan fingerprint density at radius 3 is 2.68 bits per heavy atom. The number of ether oxygens (including phenoxy) is 1. The molecule has 0 bridgehead atoms. The fourth-order valence-corrected chi connectivity index (χ4v) is 3.04. The molecule has 1 heterocycles. The molecule has 0 saturated heterocycles. The van der Waals surface area contributed by atoms with Gasteiger partial charge in [-0.05, 0) is 58.4 Å². The van der Waals surface area contributed by atoms with Gasteiger partial charge in [0.05, 0.1) is 29.5 Å². The molecule has 0 atom stereocenters. The number of nitrogens with zero attached hydrogens (tertiary/aromatic N) is 1. The maximum Gasteiger partial charge on any atom is 0.339 e. The lowest BCUT2D eigenvalue weighted by Crippen LogP contribution is -2.17. The standard InChI is InChI=1S/C20H14BrClN2O4/c1-27-20(26)15-10-12(6-8-17(15)22)18-9-7-13(28-18)11-23-24-19(25)14-4-2-3-5-16(14)21/h2-11H,1H3,(H,24,25)/b23-11+. The summed E-state index contributed by atoms with van der Waals surface area (Å²) in [4.78, 5) is 23.9. The largest absolute Gasteiger partial charge is 0.465 e. The van der Waals surface area contributed by atoms with Crippen LogP contribution >= 0.6 is 27.5 Å². The van der Waals surface area contributed by atoms with Gasteiger partial charge in [0.15, 0.2) is 0 Å². The van der Waals surface area contributed by atoms with Crippen LogP contribution in [0.3, 0.4) is 0 Å². The molecule has 0 aliphatic carbocycles. The minimum absolute atomic E-state index is 0.244. The topological polar surface area (TPSA) is 80.9 Å². The number of benzene rings is 2. The minimum atomic E-state index is -0.532. The molecular weight excluding hydrogens is 448 g/mol. The maximum atomic E-state index is 12.1. The molecule has 142 valence electrons. The van der Waals surface area contributed by atoms with Gasteiger partial charge in [0.2, 0.25) is 0 Å². The zero-order valence-corrected chi connectivity index (χ0v) is 17.0. The van der Waals surface area contributed by atoms with Gasteiger partial charge in [0.1, 0.15) is 11.5 Å². The van der Waals surface area contributed by atoms with E-state index >= 15 is 0 Å². The summed E-state index contributed by atoms with van der Waals surface area (Å²) < 4.78 is 11.1. The lowest BCUT2D eigenvalue weighted by atomic mass is 10.1. The average Bonchev–Trinajstić information content (AvgIpc) is 3.17. The normalized spacial score (nSPS) is 10.8. The highest BCUT2D eigenvalue weighted by Gasteiger charge is 2.14. The first-order valence-corrected chi connectivity index (χ1v) is 9.22. The Balaban J connectivity index is 1.72. The molecule has 3 aromatic rings. The van der Waals surface area contributed by atoms with Crippen LogP contribution < -0.4 is 5.43 Å². The summed E-state index contributed by atoms with van der Waals surface area (Å²) >= 11 is 9.34. The molecule has 0 unspecified atom stereocenters. The number of amides is 1. The van der Waals surface area contributed by atoms with E-state index in [2.05, 4.69) is 26.5 Å². The van der Waals surface area contributed by atoms with E-state index in [1.54, 1.807) is 48.5 Å². The SMILES string of the molecule is COC(=O)c1cc(-c2ccc(/C=N/NC(=O)c3ccccc3Br)o2)ccc1Cl. The molecule has 0 radical (unpaired) electrons. The van der Waals surface area contributed by atoms with Gasteiger partial charge in [0, 0.05) is 10.0 Å². The van der Waals surface area contributed by atoms with Crippen molar-refractivity contribution in [3.8, 4) is 11.3 Å². The van der Waals surface area contributed by atoms with E-state index in [-0.39, 0.29) is 11.5 Å². The van der Waals surface area contributed by atoms with Crippen molar-refractivity contribution in [1.29, 1.82) is 0 Å². The third kappa shape index (κ3) is 4.49. The number of carbonyl (C=O) groups is 2. The number of nitrogens with one attached hydrogen (secondary N) is 1. The number of hydrogen-bond acceptors (Lipinski definition) is 5. The van der Waals surface area contributed by atoms with E-state index in [0.717, 1.165) is 0 Å². The van der Waals surface area contributed by atoms with Crippen LogP contribution in [-0.4, -0.2) is 25.2 Å². The van der Waals surface area contributed by atoms with Gasteiger partial charge < -0.3 is 9.15 Å². The molecule has 6 nitrogen and oxygen atoms in total. The Hall–Kier alpha value is -2.90. The first kappa shape index (κ1) is 19.9. The third-order valence-corrected chi connectivity index (χ3v) is 4.78. The van der Waals surface area contributed by atoms with Crippen molar-refractivity contribution in [2.24, 2.45) is 5.10 Å². The molecule has 0 aliphatic heterocycles. The lowest BCUT2D eigenvalue weighted by Gasteiger charge is -2.04. The molecular formula is C20H14BrClN2O4. The van der Waals surface area contributed by atoms with Crippen LogP contribution in [0.1, 0.15) is 26.5 Å². The van der Waals surface area contributed by atoms with Gasteiger partial charge in [-0.15, -0.1) is 0 Å². The first-order valence-electron chi connectivity index (χ1n) is 8.05. The van der Waals surface area contributed by atoms with Crippen LogP contribution in [0, 0.1) is 0 Å². The Bertz CT molecular complexity index is 1060. The number of hydrogen-bond donors (Lipinski definition) is 1. The molecule has 2 aromatic carbocycles. The fraction of sp³-hybridized carbons (Fsp3) is 0.0500. The van der Waals surface area contributed by atoms with Crippen LogP contribution in [0.2, 0.25) is 5.02 Å². The van der Waals surface area contributed by atoms with Crippen LogP contribution in [0.4, 0.5) is 0 Å². The van der Waals surface area contributed by atoms with Crippen molar-refractivity contribution in [2.45, 2.75) is 0 Å². The lowest BCUT2D eigenvalue weighted by molar-refractivity contribution is 0.0601. The highest BCUT2D eigenvalue weighted by Crippen LogP contribution is 2.27. The van der Waals surface area contributed by atoms with Crippen molar-refractivity contribution in [3.63, 3.8) is 0 Å². The molecule has 1 N–H and O–H groups in total. The van der Waals surface area contributed by atoms with E-state index in [0.29, 0.717) is 32.1 Å². The molecule has 0 saturated carbocycles. The zero-order valence-electron chi connectivity index (χ0n) is 14.6. The second-order valence-electron chi connectivity index (χ2n) is 5.57. The number of esters is 1. The smallest absolute Gasteiger partial charge is 0.339 e. The van der Waals surface area contributed by atoms with Gasteiger partial charge in [-0.25, -0.2) is 10.2 Å². The predicted molar refractivity (Wildman–Crippen MR) is 110 cm³/mol. The third-order valence-electron chi connectivity index (χ3n) is 3.76. The number of rotatable bonds is 5. The summed E-state index contributed by atoms with van der Waals surface area (Å²) in [5.41, 5.74) is 3.81. The van der Waals surface area contributed by atoms with E-state index in [1.165, 1.54) is 13.3 Å². The van der Waals surface area contributed by atoms with E-state index in [1.807, 2.05) is 6.07 Å². The summed E-state index contributed by atoms with van der Waals surface area (Å²) in [5.74, 6) is 0.0586. The molecule has 1 aromatic heterocycles. The van der Waals surface area contributed by atoms with Gasteiger partial charge in [-0.1, -0.05) is 23.7 Å². The number of furan rings is 1. The molecule has 0 aliphatic rings. The molecule has 0 spiro atoms. The second-order valence-corrected chi connectivity index (χ2v) is 6.83. The van der Waals surface area contributed by atoms with Crippen molar-refractivity contribution in [1.82, 2.24) is 5.43 Å². The zero-order chi connectivity index (χ0) is 20.1. The van der Waals surface area contributed by atoms with Gasteiger partial charge in [-0.3, -0.25) is 4.79 Å². The fourth-order valence-electron chi connectivity index (χ4n) is 2.38. The highest BCUT2D eigenvalue weighted by atomic mass is 79.9. The number of hydrazone groups is 1. The van der Waals surface area contributed by atoms with E-state index in [4.69, 9.17) is 20.8 Å². The average molecular weight is 462 g/mol. The minimum Gasteiger partial charge on any atom is -0.465 e. The summed E-state index contributed by atoms with van der Waals surface area (Å²) in [5, 5.41) is 4.20. The van der Waals surface area contributed by atoms with Gasteiger partial charge >= 0.3 is 5.97 Å². The molecule has 3 rings (SSSR count). The first-order chi connectivity index (χ1) is 13.5. The van der Waals surface area contributed by atoms with E-state index < -0.39 is 5.97 Å². The number of halogens is 2. The van der Waals surface area contributed by atoms with Crippen LogP contribution in [0.25, 0.3) is 11.3 Å². The van der Waals surface area contributed by atoms with Crippen LogP contribution in [0.5, 0.6) is 0 Å². The van der Waals surface area contributed by atoms with Crippen molar-refractivity contribution in [3.05, 3.63) is 81.0 Å². The van der Waals surface area contributed by atoms with Gasteiger partial charge in [-0.2, -0.15) is 5.10 Å². The summed E-state index contributed by atoms with van der Waals surface area (Å²) in [6.07, 6.45) is 1.38. The van der Waals surface area contributed by atoms with E-state index in [9.17, 15) is 9.59 Å². The van der Waals surface area contributed by atoms with Crippen molar-refractivity contribution in [2.75, 3.05) is 7.11 Å². The molecule has 1 amide bonds. The highest BCUT2D eigenvalue weighted by molar-refractivity contribution is 9.10. The Morgan fingerprint density at radius 1 is 1.14 bits per heavy atom. The van der Waals surface area contributed by atoms with Crippen LogP contribution in [-0.2, 0) is 4.74 Å².